The van der Waals surface area contributed by atoms with Gasteiger partial charge >= 0.3 is 6.09 Å². The third-order valence-electron chi connectivity index (χ3n) is 5.91. The van der Waals surface area contributed by atoms with Crippen LogP contribution in [0, 0.1) is 5.82 Å². The van der Waals surface area contributed by atoms with Gasteiger partial charge in [0.1, 0.15) is 0 Å². The molecule has 0 spiro atoms. The van der Waals surface area contributed by atoms with Gasteiger partial charge in [-0.05, 0) is 30.3 Å². The lowest BCUT2D eigenvalue weighted by Gasteiger charge is -2.35. The quantitative estimate of drug-likeness (QED) is 0.308. The Kier molecular flexibility index (Phi) is 6.80. The van der Waals surface area contributed by atoms with Crippen LogP contribution in [0.15, 0.2) is 60.7 Å². The van der Waals surface area contributed by atoms with Gasteiger partial charge < -0.3 is 15.2 Å². The van der Waals surface area contributed by atoms with E-state index in [1.54, 1.807) is 12.1 Å². The second-order valence-corrected chi connectivity index (χ2v) is 8.42. The first-order valence-electron chi connectivity index (χ1n) is 10.5. The molecule has 37 heavy (non-hydrogen) atoms. The lowest BCUT2D eigenvalue weighted by molar-refractivity contribution is 0.0699. The smallest absolute Gasteiger partial charge is 0.414 e. The summed E-state index contributed by atoms with van der Waals surface area (Å²) in [6.07, 6.45) is -4.57. The molecule has 2 heterocycles. The molecule has 0 aliphatic carbocycles. The molecule has 0 saturated carbocycles. The number of anilines is 2. The maximum Gasteiger partial charge on any atom is 0.414 e. The summed E-state index contributed by atoms with van der Waals surface area (Å²) in [6, 6.07) is 14.5. The number of amides is 2. The van der Waals surface area contributed by atoms with Crippen molar-refractivity contribution in [2.45, 2.75) is 12.2 Å². The van der Waals surface area contributed by atoms with E-state index in [2.05, 4.69) is 9.97 Å². The lowest BCUT2D eigenvalue weighted by Crippen LogP contribution is -2.45. The van der Waals surface area contributed by atoms with E-state index < -0.39 is 36.5 Å². The van der Waals surface area contributed by atoms with Gasteiger partial charge in [-0.15, -0.1) is 12.4 Å². The van der Waals surface area contributed by atoms with Crippen molar-refractivity contribution in [2.75, 3.05) is 16.3 Å². The number of hydrogen-bond donors (Lipinski definition) is 3. The number of carboxylic acid groups (broad SMARTS) is 1. The van der Waals surface area contributed by atoms with Gasteiger partial charge in [-0.2, -0.15) is 0 Å². The van der Waals surface area contributed by atoms with Gasteiger partial charge in [0.05, 0.1) is 28.3 Å². The standard InChI is InChI=1S/C24H16ClF3N4O4.ClH/c25-15-6-3-7-18(20(15)28)32-21(33)13-4-1-2-5-14(13)24(32,36)12-8-9-16-17(10-12)30-22(29-16)31(23(34)35)11-19(26)27;/h1-10,19,36H,11H2,(H,29,30)(H,34,35);1H. The van der Waals surface area contributed by atoms with Crippen molar-refractivity contribution >= 4 is 58.7 Å². The number of hydrogen-bond acceptors (Lipinski definition) is 4. The highest BCUT2D eigenvalue weighted by atomic mass is 35.5. The Morgan fingerprint density at radius 1 is 1.16 bits per heavy atom. The summed E-state index contributed by atoms with van der Waals surface area (Å²) in [4.78, 5) is 32.8. The Morgan fingerprint density at radius 2 is 1.89 bits per heavy atom. The van der Waals surface area contributed by atoms with Crippen LogP contribution in [0.25, 0.3) is 11.0 Å². The van der Waals surface area contributed by atoms with E-state index in [0.29, 0.717) is 4.90 Å². The lowest BCUT2D eigenvalue weighted by atomic mass is 9.93. The highest BCUT2D eigenvalue weighted by Gasteiger charge is 2.51. The Bertz CT molecular complexity index is 1530. The number of fused-ring (bicyclic) bond motifs is 2. The van der Waals surface area contributed by atoms with Crippen molar-refractivity contribution in [1.29, 1.82) is 0 Å². The number of aromatic nitrogens is 2. The number of halogens is 5. The van der Waals surface area contributed by atoms with Gasteiger partial charge in [0, 0.05) is 16.7 Å². The topological polar surface area (TPSA) is 110 Å². The zero-order chi connectivity index (χ0) is 25.8. The first kappa shape index (κ1) is 26.3. The molecule has 0 saturated heterocycles. The van der Waals surface area contributed by atoms with Crippen molar-refractivity contribution in [3.05, 3.63) is 88.2 Å². The van der Waals surface area contributed by atoms with Crippen molar-refractivity contribution in [3.8, 4) is 0 Å². The highest BCUT2D eigenvalue weighted by Crippen LogP contribution is 2.46. The van der Waals surface area contributed by atoms with Gasteiger partial charge in [-0.1, -0.05) is 41.9 Å². The SMILES string of the molecule is Cl.O=C(O)N(CC(F)F)c1nc2ccc(C3(O)c4ccccc4C(=O)N3c3cccc(Cl)c3F)cc2[nH]1. The fourth-order valence-electron chi connectivity index (χ4n) is 4.33. The molecule has 1 aliphatic rings. The third kappa shape index (κ3) is 4.14. The van der Waals surface area contributed by atoms with Crippen LogP contribution < -0.4 is 9.80 Å². The van der Waals surface area contributed by atoms with Crippen LogP contribution >= 0.6 is 24.0 Å². The Balaban J connectivity index is 0.00000320. The predicted molar refractivity (Wildman–Crippen MR) is 132 cm³/mol. The van der Waals surface area contributed by atoms with Gasteiger partial charge in [0.2, 0.25) is 5.95 Å². The first-order valence-corrected chi connectivity index (χ1v) is 10.9. The molecule has 1 aliphatic heterocycles. The largest absolute Gasteiger partial charge is 0.465 e. The maximum absolute atomic E-state index is 15.1. The van der Waals surface area contributed by atoms with Crippen LogP contribution in [0.5, 0.6) is 0 Å². The molecule has 2 amide bonds. The molecule has 192 valence electrons. The number of carbonyl (C=O) groups is 2. The second kappa shape index (κ2) is 9.58. The number of nitrogens with one attached hydrogen (secondary N) is 1. The number of alkyl halides is 2. The zero-order valence-corrected chi connectivity index (χ0v) is 20.1. The third-order valence-corrected chi connectivity index (χ3v) is 6.20. The Morgan fingerprint density at radius 3 is 2.59 bits per heavy atom. The summed E-state index contributed by atoms with van der Waals surface area (Å²) in [5.41, 5.74) is -1.61. The molecule has 3 aromatic carbocycles. The molecule has 0 bridgehead atoms. The van der Waals surface area contributed by atoms with Gasteiger partial charge in [0.15, 0.2) is 11.5 Å². The Labute approximate surface area is 218 Å². The number of imidazole rings is 1. The fourth-order valence-corrected chi connectivity index (χ4v) is 4.50. The molecule has 5 rings (SSSR count). The monoisotopic (exact) mass is 552 g/mol. The van der Waals surface area contributed by atoms with Crippen molar-refractivity contribution in [3.63, 3.8) is 0 Å². The van der Waals surface area contributed by atoms with E-state index in [0.717, 1.165) is 4.90 Å². The predicted octanol–water partition coefficient (Wildman–Crippen LogP) is 5.38. The highest BCUT2D eigenvalue weighted by molar-refractivity contribution is 6.31. The van der Waals surface area contributed by atoms with Crippen LogP contribution in [0.1, 0.15) is 21.5 Å². The van der Waals surface area contributed by atoms with Crippen LogP contribution in [-0.2, 0) is 5.72 Å². The number of H-pyrrole nitrogens is 1. The van der Waals surface area contributed by atoms with Gasteiger partial charge in [-0.25, -0.2) is 27.8 Å². The van der Waals surface area contributed by atoms with E-state index >= 15 is 4.39 Å². The van der Waals surface area contributed by atoms with Crippen molar-refractivity contribution in [1.82, 2.24) is 9.97 Å². The summed E-state index contributed by atoms with van der Waals surface area (Å²) in [5.74, 6) is -1.93. The van der Waals surface area contributed by atoms with E-state index in [4.69, 9.17) is 11.6 Å². The van der Waals surface area contributed by atoms with E-state index in [9.17, 15) is 28.6 Å². The minimum Gasteiger partial charge on any atom is -0.465 e. The summed E-state index contributed by atoms with van der Waals surface area (Å²) >= 11 is 5.95. The Hall–Kier alpha value is -3.80. The summed E-state index contributed by atoms with van der Waals surface area (Å²) in [6.45, 7) is -1.10. The number of nitrogens with zero attached hydrogens (tertiary/aromatic N) is 3. The van der Waals surface area contributed by atoms with Crippen LogP contribution in [0.2, 0.25) is 5.02 Å². The molecule has 3 N–H and O–H groups in total. The van der Waals surface area contributed by atoms with Gasteiger partial charge in [0.25, 0.3) is 12.3 Å². The molecule has 1 atom stereocenters. The zero-order valence-electron chi connectivity index (χ0n) is 18.5. The number of benzene rings is 3. The maximum atomic E-state index is 15.1. The summed E-state index contributed by atoms with van der Waals surface area (Å²) in [5, 5.41) is 21.1. The fraction of sp³-hybridized carbons (Fsp3) is 0.125. The van der Waals surface area contributed by atoms with Crippen LogP contribution in [0.4, 0.5) is 29.6 Å². The minimum atomic E-state index is -2.94. The molecule has 1 unspecified atom stereocenters. The van der Waals surface area contributed by atoms with Crippen LogP contribution in [-0.4, -0.2) is 45.2 Å². The second-order valence-electron chi connectivity index (χ2n) is 8.01. The average molecular weight is 553 g/mol. The van der Waals surface area contributed by atoms with E-state index in [-0.39, 0.29) is 56.8 Å². The summed E-state index contributed by atoms with van der Waals surface area (Å²) < 4.78 is 40.8. The van der Waals surface area contributed by atoms with Gasteiger partial charge in [-0.3, -0.25) is 9.69 Å². The normalized spacial score (nSPS) is 16.7. The number of aliphatic hydroxyl groups is 1. The summed E-state index contributed by atoms with van der Waals surface area (Å²) in [7, 11) is 0. The number of rotatable bonds is 5. The molecule has 4 aromatic rings. The van der Waals surface area contributed by atoms with Crippen LogP contribution in [0.3, 0.4) is 0 Å². The van der Waals surface area contributed by atoms with Crippen molar-refractivity contribution < 1.29 is 33.0 Å². The molecule has 0 fully saturated rings. The number of aromatic amines is 1. The average Bonchev–Trinajstić information content (AvgIpc) is 3.36. The molecule has 8 nitrogen and oxygen atoms in total. The van der Waals surface area contributed by atoms with E-state index in [1.807, 2.05) is 0 Å². The van der Waals surface area contributed by atoms with E-state index in [1.165, 1.54) is 48.5 Å². The molecule has 1 aromatic heterocycles. The molecular formula is C24H17Cl2F3N4O4. The molecular weight excluding hydrogens is 536 g/mol. The molecule has 0 radical (unpaired) electrons. The number of carbonyl (C=O) groups excluding carboxylic acids is 1. The molecule has 13 heteroatoms. The minimum absolute atomic E-state index is 0. The van der Waals surface area contributed by atoms with Crippen molar-refractivity contribution in [2.24, 2.45) is 0 Å². The first-order chi connectivity index (χ1) is 17.1.